The van der Waals surface area contributed by atoms with Gasteiger partial charge in [-0.15, -0.1) is 0 Å². The zero-order valence-electron chi connectivity index (χ0n) is 10.9. The molecule has 1 saturated heterocycles. The van der Waals surface area contributed by atoms with E-state index in [1.807, 2.05) is 0 Å². The highest BCUT2D eigenvalue weighted by Gasteiger charge is 2.23. The quantitative estimate of drug-likeness (QED) is 0.887. The highest BCUT2D eigenvalue weighted by atomic mass is 19.1. The summed E-state index contributed by atoms with van der Waals surface area (Å²) in [5, 5.41) is 0. The summed E-state index contributed by atoms with van der Waals surface area (Å²) in [5.74, 6) is -0.0587. The van der Waals surface area contributed by atoms with Gasteiger partial charge in [0.1, 0.15) is 5.82 Å². The minimum atomic E-state index is -0.210. The lowest BCUT2D eigenvalue weighted by Gasteiger charge is -2.29. The van der Waals surface area contributed by atoms with Gasteiger partial charge in [0, 0.05) is 24.7 Å². The topological polar surface area (TPSA) is 29.3 Å². The van der Waals surface area contributed by atoms with E-state index in [1.54, 1.807) is 12.1 Å². The Hall–Kier alpha value is -1.35. The van der Waals surface area contributed by atoms with Crippen LogP contribution in [0.25, 0.3) is 0 Å². The molecule has 1 aliphatic rings. The van der Waals surface area contributed by atoms with Gasteiger partial charge < -0.3 is 10.6 Å². The molecule has 1 aromatic rings. The summed E-state index contributed by atoms with van der Waals surface area (Å²) in [6.45, 7) is 8.31. The van der Waals surface area contributed by atoms with E-state index in [-0.39, 0.29) is 17.8 Å². The molecule has 0 aromatic heterocycles. The van der Waals surface area contributed by atoms with Crippen LogP contribution in [0.5, 0.6) is 0 Å². The van der Waals surface area contributed by atoms with Crippen LogP contribution < -0.4 is 5.73 Å². The molecule has 0 radical (unpaired) electrons. The SMILES string of the molecule is C=C(C(N)C(C)c1ccc(F)cc1)N1CCCC1. The van der Waals surface area contributed by atoms with Crippen LogP contribution in [0.3, 0.4) is 0 Å². The summed E-state index contributed by atoms with van der Waals surface area (Å²) < 4.78 is 12.9. The van der Waals surface area contributed by atoms with E-state index >= 15 is 0 Å². The first kappa shape index (κ1) is 13.1. The Morgan fingerprint density at radius 3 is 2.39 bits per heavy atom. The smallest absolute Gasteiger partial charge is 0.123 e. The number of halogens is 1. The second kappa shape index (κ2) is 5.53. The molecule has 1 aromatic carbocycles. The molecule has 2 rings (SSSR count). The summed E-state index contributed by atoms with van der Waals surface area (Å²) in [5.41, 5.74) is 8.34. The van der Waals surface area contributed by atoms with Gasteiger partial charge in [0.05, 0.1) is 6.04 Å². The lowest BCUT2D eigenvalue weighted by Crippen LogP contribution is -2.36. The largest absolute Gasteiger partial charge is 0.374 e. The van der Waals surface area contributed by atoms with E-state index in [2.05, 4.69) is 18.4 Å². The first-order valence-electron chi connectivity index (χ1n) is 6.54. The van der Waals surface area contributed by atoms with E-state index in [4.69, 9.17) is 5.73 Å². The molecular formula is C15H21FN2. The molecule has 2 N–H and O–H groups in total. The molecule has 98 valence electrons. The summed E-state index contributed by atoms with van der Waals surface area (Å²) >= 11 is 0. The summed E-state index contributed by atoms with van der Waals surface area (Å²) in [4.78, 5) is 2.27. The predicted molar refractivity (Wildman–Crippen MR) is 72.7 cm³/mol. The van der Waals surface area contributed by atoms with Gasteiger partial charge in [0.2, 0.25) is 0 Å². The van der Waals surface area contributed by atoms with Crippen molar-refractivity contribution in [3.05, 3.63) is 47.9 Å². The Morgan fingerprint density at radius 1 is 1.28 bits per heavy atom. The molecule has 2 nitrogen and oxygen atoms in total. The van der Waals surface area contributed by atoms with Gasteiger partial charge in [-0.2, -0.15) is 0 Å². The Balaban J connectivity index is 2.05. The standard InChI is InChI=1S/C15H21FN2/c1-11(13-5-7-14(16)8-6-13)15(17)12(2)18-9-3-4-10-18/h5-8,11,15H,2-4,9-10,17H2,1H3. The molecule has 18 heavy (non-hydrogen) atoms. The molecule has 2 atom stereocenters. The van der Waals surface area contributed by atoms with Crippen molar-refractivity contribution in [3.8, 4) is 0 Å². The third-order valence-corrected chi connectivity index (χ3v) is 3.83. The number of rotatable bonds is 4. The molecule has 3 heteroatoms. The Bertz CT molecular complexity index is 407. The number of likely N-dealkylation sites (tertiary alicyclic amines) is 1. The molecule has 2 unspecified atom stereocenters. The number of nitrogens with zero attached hydrogens (tertiary/aromatic N) is 1. The lowest BCUT2D eigenvalue weighted by atomic mass is 9.92. The number of hydrogen-bond donors (Lipinski definition) is 1. The van der Waals surface area contributed by atoms with Crippen LogP contribution in [0, 0.1) is 5.82 Å². The highest BCUT2D eigenvalue weighted by Crippen LogP contribution is 2.25. The average molecular weight is 248 g/mol. The Morgan fingerprint density at radius 2 is 1.83 bits per heavy atom. The maximum absolute atomic E-state index is 12.9. The van der Waals surface area contributed by atoms with Crippen molar-refractivity contribution in [1.82, 2.24) is 4.90 Å². The van der Waals surface area contributed by atoms with Crippen molar-refractivity contribution in [2.45, 2.75) is 31.7 Å². The third kappa shape index (κ3) is 2.72. The summed E-state index contributed by atoms with van der Waals surface area (Å²) in [7, 11) is 0. The Labute approximate surface area is 108 Å². The average Bonchev–Trinajstić information content (AvgIpc) is 2.91. The van der Waals surface area contributed by atoms with Crippen molar-refractivity contribution < 1.29 is 4.39 Å². The number of hydrogen-bond acceptors (Lipinski definition) is 2. The number of nitrogens with two attached hydrogens (primary N) is 1. The third-order valence-electron chi connectivity index (χ3n) is 3.83. The fourth-order valence-corrected chi connectivity index (χ4v) is 2.48. The summed E-state index contributed by atoms with van der Waals surface area (Å²) in [6.07, 6.45) is 2.44. The van der Waals surface area contributed by atoms with Gasteiger partial charge >= 0.3 is 0 Å². The van der Waals surface area contributed by atoms with Crippen molar-refractivity contribution in [2.24, 2.45) is 5.73 Å². The fraction of sp³-hybridized carbons (Fsp3) is 0.467. The molecule has 0 saturated carbocycles. The first-order chi connectivity index (χ1) is 8.59. The highest BCUT2D eigenvalue weighted by molar-refractivity contribution is 5.25. The minimum absolute atomic E-state index is 0.103. The Kier molecular flexibility index (Phi) is 4.02. The normalized spacial score (nSPS) is 18.7. The second-order valence-electron chi connectivity index (χ2n) is 5.05. The first-order valence-corrected chi connectivity index (χ1v) is 6.54. The molecule has 0 amide bonds. The zero-order chi connectivity index (χ0) is 13.1. The lowest BCUT2D eigenvalue weighted by molar-refractivity contribution is 0.379. The van der Waals surface area contributed by atoms with Gasteiger partial charge in [0.15, 0.2) is 0 Å². The molecule has 1 aliphatic heterocycles. The van der Waals surface area contributed by atoms with Crippen LogP contribution in [0.4, 0.5) is 4.39 Å². The monoisotopic (exact) mass is 248 g/mol. The van der Waals surface area contributed by atoms with Gasteiger partial charge in [-0.1, -0.05) is 25.6 Å². The van der Waals surface area contributed by atoms with Crippen molar-refractivity contribution in [1.29, 1.82) is 0 Å². The molecule has 1 fully saturated rings. The molecule has 0 spiro atoms. The van der Waals surface area contributed by atoms with Gasteiger partial charge in [-0.3, -0.25) is 0 Å². The van der Waals surface area contributed by atoms with Crippen LogP contribution in [0.15, 0.2) is 36.5 Å². The van der Waals surface area contributed by atoms with Crippen molar-refractivity contribution >= 4 is 0 Å². The van der Waals surface area contributed by atoms with Crippen LogP contribution in [0.2, 0.25) is 0 Å². The summed E-state index contributed by atoms with van der Waals surface area (Å²) in [6, 6.07) is 6.47. The van der Waals surface area contributed by atoms with Crippen LogP contribution in [0.1, 0.15) is 31.2 Å². The van der Waals surface area contributed by atoms with E-state index < -0.39 is 0 Å². The van der Waals surface area contributed by atoms with E-state index in [1.165, 1.54) is 25.0 Å². The maximum atomic E-state index is 12.9. The maximum Gasteiger partial charge on any atom is 0.123 e. The van der Waals surface area contributed by atoms with Crippen molar-refractivity contribution in [2.75, 3.05) is 13.1 Å². The molecule has 0 bridgehead atoms. The van der Waals surface area contributed by atoms with Crippen LogP contribution >= 0.6 is 0 Å². The van der Waals surface area contributed by atoms with Crippen LogP contribution in [-0.2, 0) is 0 Å². The molecular weight excluding hydrogens is 227 g/mol. The van der Waals surface area contributed by atoms with Gasteiger partial charge in [0.25, 0.3) is 0 Å². The van der Waals surface area contributed by atoms with Crippen LogP contribution in [-0.4, -0.2) is 24.0 Å². The van der Waals surface area contributed by atoms with Gasteiger partial charge in [-0.05, 0) is 30.5 Å². The minimum Gasteiger partial charge on any atom is -0.374 e. The molecule has 1 heterocycles. The second-order valence-corrected chi connectivity index (χ2v) is 5.05. The van der Waals surface area contributed by atoms with E-state index in [0.29, 0.717) is 0 Å². The van der Waals surface area contributed by atoms with Gasteiger partial charge in [-0.25, -0.2) is 4.39 Å². The predicted octanol–water partition coefficient (Wildman–Crippen LogP) is 2.87. The zero-order valence-corrected chi connectivity index (χ0v) is 10.9. The van der Waals surface area contributed by atoms with Crippen molar-refractivity contribution in [3.63, 3.8) is 0 Å². The van der Waals surface area contributed by atoms with E-state index in [9.17, 15) is 4.39 Å². The molecule has 0 aliphatic carbocycles. The van der Waals surface area contributed by atoms with E-state index in [0.717, 1.165) is 24.4 Å². The number of benzene rings is 1. The fourth-order valence-electron chi connectivity index (χ4n) is 2.48.